The van der Waals surface area contributed by atoms with Gasteiger partial charge in [0.1, 0.15) is 11.6 Å². The van der Waals surface area contributed by atoms with Gasteiger partial charge in [0.2, 0.25) is 5.91 Å². The molecule has 0 unspecified atom stereocenters. The predicted octanol–water partition coefficient (Wildman–Crippen LogP) is 1.42. The first-order valence-corrected chi connectivity index (χ1v) is 10.5. The van der Waals surface area contributed by atoms with Crippen molar-refractivity contribution in [2.75, 3.05) is 58.9 Å². The molecule has 6 nitrogen and oxygen atoms in total. The minimum Gasteiger partial charge on any atom is -0.339 e. The lowest BCUT2D eigenvalue weighted by Crippen LogP contribution is -2.56. The van der Waals surface area contributed by atoms with Crippen LogP contribution in [-0.4, -0.2) is 96.4 Å². The van der Waals surface area contributed by atoms with Crippen molar-refractivity contribution in [2.45, 2.75) is 25.3 Å². The first-order chi connectivity index (χ1) is 14.0. The van der Waals surface area contributed by atoms with Crippen LogP contribution in [0.5, 0.6) is 0 Å². The summed E-state index contributed by atoms with van der Waals surface area (Å²) in [5.41, 5.74) is -0.237. The van der Waals surface area contributed by atoms with Crippen LogP contribution in [0.2, 0.25) is 0 Å². The van der Waals surface area contributed by atoms with Gasteiger partial charge >= 0.3 is 0 Å². The molecule has 0 radical (unpaired) electrons. The summed E-state index contributed by atoms with van der Waals surface area (Å²) in [6, 6.07) is 3.64. The zero-order chi connectivity index (χ0) is 20.4. The smallest absolute Gasteiger partial charge is 0.257 e. The number of hydrogen-bond acceptors (Lipinski definition) is 4. The summed E-state index contributed by atoms with van der Waals surface area (Å²) >= 11 is 0. The minimum absolute atomic E-state index is 0.134. The van der Waals surface area contributed by atoms with Gasteiger partial charge in [0.15, 0.2) is 0 Å². The summed E-state index contributed by atoms with van der Waals surface area (Å²) in [6.07, 6.45) is 3.90. The van der Waals surface area contributed by atoms with Crippen LogP contribution in [0.4, 0.5) is 8.78 Å². The number of amides is 2. The zero-order valence-corrected chi connectivity index (χ0v) is 16.7. The van der Waals surface area contributed by atoms with E-state index in [2.05, 4.69) is 4.90 Å². The van der Waals surface area contributed by atoms with Crippen LogP contribution in [0.1, 0.15) is 29.6 Å². The lowest BCUT2D eigenvalue weighted by Gasteiger charge is -2.43. The van der Waals surface area contributed by atoms with E-state index >= 15 is 0 Å². The summed E-state index contributed by atoms with van der Waals surface area (Å²) in [5.74, 6) is -1.71. The van der Waals surface area contributed by atoms with Crippen molar-refractivity contribution in [3.05, 3.63) is 35.4 Å². The highest BCUT2D eigenvalue weighted by atomic mass is 19.1. The largest absolute Gasteiger partial charge is 0.339 e. The Bertz CT molecular complexity index is 755. The highest BCUT2D eigenvalue weighted by Crippen LogP contribution is 2.25. The van der Waals surface area contributed by atoms with Gasteiger partial charge in [-0.25, -0.2) is 8.78 Å². The van der Waals surface area contributed by atoms with Crippen molar-refractivity contribution >= 4 is 11.8 Å². The maximum atomic E-state index is 13.9. The highest BCUT2D eigenvalue weighted by Gasteiger charge is 2.31. The first kappa shape index (κ1) is 20.2. The van der Waals surface area contributed by atoms with Crippen molar-refractivity contribution < 1.29 is 18.4 Å². The summed E-state index contributed by atoms with van der Waals surface area (Å²) in [5, 5.41) is 0. The van der Waals surface area contributed by atoms with Crippen molar-refractivity contribution in [1.82, 2.24) is 19.6 Å². The Morgan fingerprint density at radius 3 is 2.17 bits per heavy atom. The highest BCUT2D eigenvalue weighted by molar-refractivity contribution is 5.94. The third-order valence-electron chi connectivity index (χ3n) is 6.44. The van der Waals surface area contributed by atoms with Gasteiger partial charge in [-0.3, -0.25) is 19.4 Å². The molecule has 0 bridgehead atoms. The van der Waals surface area contributed by atoms with Crippen molar-refractivity contribution in [2.24, 2.45) is 0 Å². The molecule has 1 saturated carbocycles. The number of halogens is 2. The van der Waals surface area contributed by atoms with E-state index in [1.54, 1.807) is 0 Å². The van der Waals surface area contributed by atoms with Gasteiger partial charge in [0, 0.05) is 58.4 Å². The molecule has 3 fully saturated rings. The van der Waals surface area contributed by atoms with E-state index in [0.717, 1.165) is 50.4 Å². The normalized spacial score (nSPS) is 21.9. The Kier molecular flexibility index (Phi) is 6.10. The molecule has 2 heterocycles. The Morgan fingerprint density at radius 2 is 1.55 bits per heavy atom. The molecule has 29 heavy (non-hydrogen) atoms. The van der Waals surface area contributed by atoms with Crippen LogP contribution in [0.15, 0.2) is 18.2 Å². The van der Waals surface area contributed by atoms with Gasteiger partial charge in [0.05, 0.1) is 12.1 Å². The maximum Gasteiger partial charge on any atom is 0.257 e. The molecule has 8 heteroatoms. The zero-order valence-electron chi connectivity index (χ0n) is 16.7. The fourth-order valence-corrected chi connectivity index (χ4v) is 4.32. The third-order valence-corrected chi connectivity index (χ3v) is 6.44. The third kappa shape index (κ3) is 4.59. The van der Waals surface area contributed by atoms with Gasteiger partial charge in [-0.05, 0) is 31.0 Å². The molecule has 2 aliphatic heterocycles. The van der Waals surface area contributed by atoms with E-state index in [9.17, 15) is 18.4 Å². The summed E-state index contributed by atoms with van der Waals surface area (Å²) in [7, 11) is 0. The monoisotopic (exact) mass is 406 g/mol. The molecule has 2 amide bonds. The van der Waals surface area contributed by atoms with Crippen LogP contribution < -0.4 is 0 Å². The van der Waals surface area contributed by atoms with Crippen LogP contribution in [0.3, 0.4) is 0 Å². The SMILES string of the molecule is O=C(CN1CCN(C(=O)c2cc(F)ccc2F)CC1)N1CCN(C2CCC2)CC1. The van der Waals surface area contributed by atoms with Gasteiger partial charge in [-0.15, -0.1) is 0 Å². The topological polar surface area (TPSA) is 47.1 Å². The molecular weight excluding hydrogens is 378 g/mol. The van der Waals surface area contributed by atoms with E-state index in [-0.39, 0.29) is 11.5 Å². The molecular formula is C21H28F2N4O2. The van der Waals surface area contributed by atoms with Crippen LogP contribution in [0.25, 0.3) is 0 Å². The average molecular weight is 406 g/mol. The van der Waals surface area contributed by atoms with Crippen molar-refractivity contribution in [3.8, 4) is 0 Å². The standard InChI is InChI=1S/C21H28F2N4O2/c22-16-4-5-19(23)18(14-16)21(29)27-8-6-24(7-9-27)15-20(28)26-12-10-25(11-13-26)17-2-1-3-17/h4-5,14,17H,1-3,6-13,15H2. The Labute approximate surface area is 170 Å². The van der Waals surface area contributed by atoms with Gasteiger partial charge in [-0.1, -0.05) is 6.42 Å². The number of carbonyl (C=O) groups excluding carboxylic acids is 2. The fourth-order valence-electron chi connectivity index (χ4n) is 4.32. The molecule has 0 aromatic heterocycles. The number of piperazine rings is 2. The maximum absolute atomic E-state index is 13.9. The van der Waals surface area contributed by atoms with E-state index < -0.39 is 17.5 Å². The van der Waals surface area contributed by atoms with Crippen LogP contribution in [0, 0.1) is 11.6 Å². The summed E-state index contributed by atoms with van der Waals surface area (Å²) in [4.78, 5) is 33.1. The molecule has 2 saturated heterocycles. The molecule has 1 aromatic carbocycles. The second-order valence-corrected chi connectivity index (χ2v) is 8.19. The first-order valence-electron chi connectivity index (χ1n) is 10.5. The number of hydrogen-bond donors (Lipinski definition) is 0. The summed E-state index contributed by atoms with van der Waals surface area (Å²) < 4.78 is 27.2. The number of rotatable bonds is 4. The van der Waals surface area contributed by atoms with E-state index in [4.69, 9.17) is 0 Å². The Balaban J connectivity index is 1.23. The molecule has 158 valence electrons. The van der Waals surface area contributed by atoms with E-state index in [1.807, 2.05) is 9.80 Å². The minimum atomic E-state index is -0.713. The molecule has 3 aliphatic rings. The molecule has 4 rings (SSSR count). The van der Waals surface area contributed by atoms with Gasteiger partial charge in [-0.2, -0.15) is 0 Å². The van der Waals surface area contributed by atoms with E-state index in [1.165, 1.54) is 24.2 Å². The predicted molar refractivity (Wildman–Crippen MR) is 104 cm³/mol. The Morgan fingerprint density at radius 1 is 0.897 bits per heavy atom. The second kappa shape index (κ2) is 8.75. The lowest BCUT2D eigenvalue weighted by atomic mass is 9.91. The molecule has 1 aliphatic carbocycles. The van der Waals surface area contributed by atoms with Crippen molar-refractivity contribution in [3.63, 3.8) is 0 Å². The number of nitrogens with zero attached hydrogens (tertiary/aromatic N) is 4. The average Bonchev–Trinajstić information content (AvgIpc) is 2.69. The van der Waals surface area contributed by atoms with Crippen LogP contribution in [-0.2, 0) is 4.79 Å². The van der Waals surface area contributed by atoms with Gasteiger partial charge in [0.25, 0.3) is 5.91 Å². The molecule has 1 aromatic rings. The second-order valence-electron chi connectivity index (χ2n) is 8.19. The summed E-state index contributed by atoms with van der Waals surface area (Å²) in [6.45, 7) is 5.73. The Hall–Kier alpha value is -2.06. The van der Waals surface area contributed by atoms with Crippen LogP contribution >= 0.6 is 0 Å². The quantitative estimate of drug-likeness (QED) is 0.759. The lowest BCUT2D eigenvalue weighted by molar-refractivity contribution is -0.135. The van der Waals surface area contributed by atoms with Gasteiger partial charge < -0.3 is 9.80 Å². The number of carbonyl (C=O) groups is 2. The van der Waals surface area contributed by atoms with E-state index in [0.29, 0.717) is 32.7 Å². The molecule has 0 atom stereocenters. The molecule has 0 N–H and O–H groups in total. The molecule has 0 spiro atoms. The number of benzene rings is 1. The fraction of sp³-hybridized carbons (Fsp3) is 0.619. The van der Waals surface area contributed by atoms with Crippen molar-refractivity contribution in [1.29, 1.82) is 0 Å².